The molecule has 2 N–H and O–H groups in total. The number of benzene rings is 2. The van der Waals surface area contributed by atoms with Gasteiger partial charge in [-0.2, -0.15) is 0 Å². The molecule has 0 aliphatic rings. The molecule has 2 aromatic rings. The summed E-state index contributed by atoms with van der Waals surface area (Å²) in [5, 5.41) is 0. The average Bonchev–Trinajstić information content (AvgIpc) is 2.44. The van der Waals surface area contributed by atoms with Crippen LogP contribution < -0.4 is 5.73 Å². The number of hydrogen-bond acceptors (Lipinski definition) is 2. The lowest BCUT2D eigenvalue weighted by Crippen LogP contribution is -2.00. The van der Waals surface area contributed by atoms with Crippen LogP contribution in [0.2, 0.25) is 0 Å². The highest BCUT2D eigenvalue weighted by molar-refractivity contribution is 7.98. The van der Waals surface area contributed by atoms with Crippen LogP contribution in [0.1, 0.15) is 17.5 Å². The number of nitrogens with two attached hydrogens (primary N) is 1. The third kappa shape index (κ3) is 4.21. The van der Waals surface area contributed by atoms with E-state index < -0.39 is 0 Å². The van der Waals surface area contributed by atoms with Crippen molar-refractivity contribution >= 4 is 11.8 Å². The summed E-state index contributed by atoms with van der Waals surface area (Å²) >= 11 is 1.89. The van der Waals surface area contributed by atoms with Crippen molar-refractivity contribution < 1.29 is 0 Å². The van der Waals surface area contributed by atoms with Crippen molar-refractivity contribution in [2.24, 2.45) is 5.73 Å². The molecule has 1 nitrogen and oxygen atoms in total. The summed E-state index contributed by atoms with van der Waals surface area (Å²) in [4.78, 5) is 1.34. The number of hydrogen-bond donors (Lipinski definition) is 1. The Morgan fingerprint density at radius 1 is 0.889 bits per heavy atom. The van der Waals surface area contributed by atoms with E-state index in [1.54, 1.807) is 0 Å². The Kier molecular flexibility index (Phi) is 5.31. The molecule has 0 saturated heterocycles. The maximum atomic E-state index is 5.54. The molecule has 0 saturated carbocycles. The summed E-state index contributed by atoms with van der Waals surface area (Å²) in [7, 11) is 0. The quantitative estimate of drug-likeness (QED) is 0.795. The van der Waals surface area contributed by atoms with E-state index in [0.29, 0.717) is 0 Å². The average molecular weight is 257 g/mol. The van der Waals surface area contributed by atoms with Crippen LogP contribution in [-0.2, 0) is 12.2 Å². The molecule has 2 heteroatoms. The Labute approximate surface area is 113 Å². The normalized spacial score (nSPS) is 10.5. The second-order valence-corrected chi connectivity index (χ2v) is 5.36. The Morgan fingerprint density at radius 2 is 1.67 bits per heavy atom. The van der Waals surface area contributed by atoms with Gasteiger partial charge in [0.1, 0.15) is 0 Å². The molecule has 2 rings (SSSR count). The minimum Gasteiger partial charge on any atom is -0.330 e. The first-order valence-corrected chi connectivity index (χ1v) is 7.33. The van der Waals surface area contributed by atoms with E-state index in [2.05, 4.69) is 54.6 Å². The molecular formula is C16H19NS. The van der Waals surface area contributed by atoms with Gasteiger partial charge in [0, 0.05) is 10.6 Å². The van der Waals surface area contributed by atoms with Crippen LogP contribution in [0.25, 0.3) is 0 Å². The fourth-order valence-corrected chi connectivity index (χ4v) is 2.77. The van der Waals surface area contributed by atoms with Crippen molar-refractivity contribution in [1.82, 2.24) is 0 Å². The molecule has 0 unspecified atom stereocenters. The van der Waals surface area contributed by atoms with Gasteiger partial charge in [0.2, 0.25) is 0 Å². The molecule has 0 aliphatic heterocycles. The molecule has 0 heterocycles. The van der Waals surface area contributed by atoms with Gasteiger partial charge in [-0.3, -0.25) is 0 Å². The van der Waals surface area contributed by atoms with Gasteiger partial charge in [-0.05, 0) is 42.6 Å². The van der Waals surface area contributed by atoms with Gasteiger partial charge in [-0.25, -0.2) is 0 Å². The zero-order valence-electron chi connectivity index (χ0n) is 10.5. The first-order chi connectivity index (χ1) is 8.88. The van der Waals surface area contributed by atoms with E-state index in [1.807, 2.05) is 11.8 Å². The van der Waals surface area contributed by atoms with Gasteiger partial charge in [-0.1, -0.05) is 42.5 Å². The summed E-state index contributed by atoms with van der Waals surface area (Å²) in [6, 6.07) is 19.4. The number of aryl methyl sites for hydroxylation is 1. The lowest BCUT2D eigenvalue weighted by molar-refractivity contribution is 0.830. The van der Waals surface area contributed by atoms with E-state index in [4.69, 9.17) is 5.73 Å². The largest absolute Gasteiger partial charge is 0.330 e. The van der Waals surface area contributed by atoms with Crippen molar-refractivity contribution in [3.8, 4) is 0 Å². The second kappa shape index (κ2) is 7.24. The smallest absolute Gasteiger partial charge is 0.0231 e. The SMILES string of the molecule is NCCCc1cccc(SCc2ccccc2)c1. The van der Waals surface area contributed by atoms with Crippen molar-refractivity contribution in [3.05, 3.63) is 65.7 Å². The highest BCUT2D eigenvalue weighted by atomic mass is 32.2. The zero-order chi connectivity index (χ0) is 12.6. The van der Waals surface area contributed by atoms with Crippen LogP contribution >= 0.6 is 11.8 Å². The van der Waals surface area contributed by atoms with E-state index in [9.17, 15) is 0 Å². The molecule has 0 radical (unpaired) electrons. The molecule has 0 aliphatic carbocycles. The van der Waals surface area contributed by atoms with Gasteiger partial charge in [0.25, 0.3) is 0 Å². The van der Waals surface area contributed by atoms with Crippen molar-refractivity contribution in [3.63, 3.8) is 0 Å². The summed E-state index contributed by atoms with van der Waals surface area (Å²) in [5.41, 5.74) is 8.30. The summed E-state index contributed by atoms with van der Waals surface area (Å²) in [6.07, 6.45) is 2.14. The minimum atomic E-state index is 0.765. The predicted octanol–water partition coefficient (Wildman–Crippen LogP) is 3.87. The second-order valence-electron chi connectivity index (χ2n) is 4.31. The fourth-order valence-electron chi connectivity index (χ4n) is 1.84. The van der Waals surface area contributed by atoms with Gasteiger partial charge in [-0.15, -0.1) is 11.8 Å². The maximum absolute atomic E-state index is 5.54. The Bertz CT molecular complexity index is 468. The van der Waals surface area contributed by atoms with Gasteiger partial charge in [0.05, 0.1) is 0 Å². The van der Waals surface area contributed by atoms with E-state index in [0.717, 1.165) is 25.1 Å². The Balaban J connectivity index is 1.93. The third-order valence-electron chi connectivity index (χ3n) is 2.82. The lowest BCUT2D eigenvalue weighted by Gasteiger charge is -2.05. The fraction of sp³-hybridized carbons (Fsp3) is 0.250. The molecule has 0 fully saturated rings. The summed E-state index contributed by atoms with van der Waals surface area (Å²) in [6.45, 7) is 0.765. The first-order valence-electron chi connectivity index (χ1n) is 6.34. The number of thioether (sulfide) groups is 1. The molecule has 18 heavy (non-hydrogen) atoms. The predicted molar refractivity (Wildman–Crippen MR) is 79.8 cm³/mol. The van der Waals surface area contributed by atoms with E-state index in [-0.39, 0.29) is 0 Å². The lowest BCUT2D eigenvalue weighted by atomic mass is 10.1. The van der Waals surface area contributed by atoms with Crippen LogP contribution in [0.15, 0.2) is 59.5 Å². The van der Waals surface area contributed by atoms with Crippen molar-refractivity contribution in [2.75, 3.05) is 6.54 Å². The Hall–Kier alpha value is -1.25. The van der Waals surface area contributed by atoms with E-state index in [1.165, 1.54) is 16.0 Å². The van der Waals surface area contributed by atoms with Gasteiger partial charge >= 0.3 is 0 Å². The van der Waals surface area contributed by atoms with Crippen LogP contribution in [0, 0.1) is 0 Å². The highest BCUT2D eigenvalue weighted by Crippen LogP contribution is 2.23. The van der Waals surface area contributed by atoms with Gasteiger partial charge in [0.15, 0.2) is 0 Å². The molecule has 0 atom stereocenters. The third-order valence-corrected chi connectivity index (χ3v) is 3.88. The van der Waals surface area contributed by atoms with Crippen LogP contribution in [0.3, 0.4) is 0 Å². The van der Waals surface area contributed by atoms with Crippen LogP contribution in [0.5, 0.6) is 0 Å². The van der Waals surface area contributed by atoms with Crippen LogP contribution in [0.4, 0.5) is 0 Å². The first kappa shape index (κ1) is 13.2. The molecule has 0 spiro atoms. The highest BCUT2D eigenvalue weighted by Gasteiger charge is 1.98. The summed E-state index contributed by atoms with van der Waals surface area (Å²) in [5.74, 6) is 1.03. The molecule has 0 amide bonds. The molecule has 94 valence electrons. The topological polar surface area (TPSA) is 26.0 Å². The molecule has 0 bridgehead atoms. The molecular weight excluding hydrogens is 238 g/mol. The molecule has 0 aromatic heterocycles. The minimum absolute atomic E-state index is 0.765. The van der Waals surface area contributed by atoms with E-state index >= 15 is 0 Å². The summed E-state index contributed by atoms with van der Waals surface area (Å²) < 4.78 is 0. The number of rotatable bonds is 6. The van der Waals surface area contributed by atoms with Crippen molar-refractivity contribution in [1.29, 1.82) is 0 Å². The molecule has 2 aromatic carbocycles. The van der Waals surface area contributed by atoms with Crippen molar-refractivity contribution in [2.45, 2.75) is 23.5 Å². The standard InChI is InChI=1S/C16H19NS/c17-11-5-9-14-8-4-10-16(12-14)18-13-15-6-2-1-3-7-15/h1-4,6-8,10,12H,5,9,11,13,17H2. The Morgan fingerprint density at radius 3 is 2.44 bits per heavy atom. The zero-order valence-corrected chi connectivity index (χ0v) is 11.3. The monoisotopic (exact) mass is 257 g/mol. The maximum Gasteiger partial charge on any atom is 0.0231 e. The van der Waals surface area contributed by atoms with Crippen LogP contribution in [-0.4, -0.2) is 6.54 Å². The van der Waals surface area contributed by atoms with Gasteiger partial charge < -0.3 is 5.73 Å².